The maximum absolute atomic E-state index is 11.7. The summed E-state index contributed by atoms with van der Waals surface area (Å²) in [5.74, 6) is -0.397. The lowest BCUT2D eigenvalue weighted by Gasteiger charge is -2.05. The summed E-state index contributed by atoms with van der Waals surface area (Å²) in [6, 6.07) is 6.58. The van der Waals surface area contributed by atoms with Crippen LogP contribution in [0.5, 0.6) is 0 Å². The third kappa shape index (κ3) is 3.15. The van der Waals surface area contributed by atoms with Crippen molar-refractivity contribution in [3.8, 4) is 0 Å². The van der Waals surface area contributed by atoms with Crippen molar-refractivity contribution in [1.82, 2.24) is 20.5 Å². The molecule has 0 spiro atoms. The van der Waals surface area contributed by atoms with Crippen LogP contribution < -0.4 is 10.6 Å². The van der Waals surface area contributed by atoms with Crippen LogP contribution in [0.4, 0.5) is 5.69 Å². The lowest BCUT2D eigenvalue weighted by Crippen LogP contribution is -2.22. The fourth-order valence-electron chi connectivity index (χ4n) is 1.47. The molecule has 0 aliphatic carbocycles. The molecule has 1 aromatic heterocycles. The number of carbonyl (C=O) groups is 2. The molecule has 2 rings (SSSR count). The normalized spacial score (nSPS) is 9.95. The molecule has 2 amide bonds. The van der Waals surface area contributed by atoms with Crippen LogP contribution in [0, 0.1) is 0 Å². The molecule has 0 atom stereocenters. The van der Waals surface area contributed by atoms with Gasteiger partial charge in [-0.3, -0.25) is 14.7 Å². The Morgan fingerprint density at radius 3 is 2.53 bits per heavy atom. The van der Waals surface area contributed by atoms with Gasteiger partial charge < -0.3 is 10.6 Å². The van der Waals surface area contributed by atoms with Crippen molar-refractivity contribution in [2.24, 2.45) is 0 Å². The third-order valence-corrected chi connectivity index (χ3v) is 2.37. The Morgan fingerprint density at radius 1 is 1.21 bits per heavy atom. The number of benzene rings is 1. The average molecular weight is 259 g/mol. The van der Waals surface area contributed by atoms with Crippen molar-refractivity contribution < 1.29 is 9.59 Å². The molecule has 0 fully saturated rings. The van der Waals surface area contributed by atoms with Crippen LogP contribution >= 0.6 is 0 Å². The lowest BCUT2D eigenvalue weighted by atomic mass is 10.2. The Balaban J connectivity index is 2.03. The van der Waals surface area contributed by atoms with Gasteiger partial charge in [-0.05, 0) is 31.2 Å². The van der Waals surface area contributed by atoms with Gasteiger partial charge in [0.1, 0.15) is 6.33 Å². The van der Waals surface area contributed by atoms with E-state index in [0.717, 1.165) is 0 Å². The Labute approximate surface area is 109 Å². The topological polar surface area (TPSA) is 99.8 Å². The molecule has 2 aromatic rings. The van der Waals surface area contributed by atoms with Gasteiger partial charge in [0, 0.05) is 17.8 Å². The van der Waals surface area contributed by atoms with E-state index >= 15 is 0 Å². The van der Waals surface area contributed by atoms with E-state index in [-0.39, 0.29) is 17.6 Å². The van der Waals surface area contributed by atoms with E-state index in [0.29, 0.717) is 17.8 Å². The van der Waals surface area contributed by atoms with Crippen LogP contribution in [0.25, 0.3) is 0 Å². The van der Waals surface area contributed by atoms with Gasteiger partial charge in [-0.15, -0.1) is 0 Å². The summed E-state index contributed by atoms with van der Waals surface area (Å²) in [6.45, 7) is 2.42. The number of nitrogens with zero attached hydrogens (tertiary/aromatic N) is 2. The zero-order chi connectivity index (χ0) is 13.7. The summed E-state index contributed by atoms with van der Waals surface area (Å²) in [4.78, 5) is 27.0. The molecule has 0 aliphatic rings. The second kappa shape index (κ2) is 5.76. The number of rotatable bonds is 4. The first-order chi connectivity index (χ1) is 9.20. The van der Waals surface area contributed by atoms with Crippen molar-refractivity contribution in [3.05, 3.63) is 42.0 Å². The van der Waals surface area contributed by atoms with Gasteiger partial charge in [0.2, 0.25) is 5.82 Å². The van der Waals surface area contributed by atoms with Crippen LogP contribution in [-0.2, 0) is 0 Å². The van der Waals surface area contributed by atoms with E-state index in [4.69, 9.17) is 0 Å². The summed E-state index contributed by atoms with van der Waals surface area (Å²) in [6.07, 6.45) is 1.26. The number of aromatic amines is 1. The average Bonchev–Trinajstić information content (AvgIpc) is 2.94. The largest absolute Gasteiger partial charge is 0.352 e. The number of carbonyl (C=O) groups excluding carboxylic acids is 2. The predicted molar refractivity (Wildman–Crippen MR) is 68.8 cm³/mol. The summed E-state index contributed by atoms with van der Waals surface area (Å²) in [5.41, 5.74) is 1.12. The highest BCUT2D eigenvalue weighted by Crippen LogP contribution is 2.10. The Morgan fingerprint density at radius 2 is 1.95 bits per heavy atom. The van der Waals surface area contributed by atoms with Crippen molar-refractivity contribution in [3.63, 3.8) is 0 Å². The molecule has 0 aliphatic heterocycles. The first kappa shape index (κ1) is 12.7. The first-order valence-corrected chi connectivity index (χ1v) is 5.75. The standard InChI is InChI=1S/C12H13N5O2/c1-2-13-11(18)8-3-5-9(6-4-8)16-12(19)10-14-7-15-17-10/h3-7H,2H2,1H3,(H,13,18)(H,16,19)(H,14,15,17). The number of hydrogen-bond acceptors (Lipinski definition) is 4. The summed E-state index contributed by atoms with van der Waals surface area (Å²) >= 11 is 0. The van der Waals surface area contributed by atoms with E-state index in [2.05, 4.69) is 25.8 Å². The number of amides is 2. The van der Waals surface area contributed by atoms with E-state index in [1.54, 1.807) is 24.3 Å². The Bertz CT molecular complexity index is 562. The second-order valence-electron chi connectivity index (χ2n) is 3.73. The maximum Gasteiger partial charge on any atom is 0.292 e. The Kier molecular flexibility index (Phi) is 3.87. The fraction of sp³-hybridized carbons (Fsp3) is 0.167. The number of H-pyrrole nitrogens is 1. The summed E-state index contributed by atoms with van der Waals surface area (Å²) in [7, 11) is 0. The van der Waals surface area contributed by atoms with Crippen LogP contribution in [0.1, 0.15) is 27.9 Å². The van der Waals surface area contributed by atoms with Crippen molar-refractivity contribution in [2.75, 3.05) is 11.9 Å². The highest BCUT2D eigenvalue weighted by Gasteiger charge is 2.09. The van der Waals surface area contributed by atoms with E-state index in [9.17, 15) is 9.59 Å². The highest BCUT2D eigenvalue weighted by molar-refractivity contribution is 6.02. The molecule has 1 heterocycles. The van der Waals surface area contributed by atoms with Crippen molar-refractivity contribution in [1.29, 1.82) is 0 Å². The highest BCUT2D eigenvalue weighted by atomic mass is 16.2. The molecule has 0 saturated carbocycles. The molecule has 98 valence electrons. The Hall–Kier alpha value is -2.70. The molecule has 0 radical (unpaired) electrons. The zero-order valence-corrected chi connectivity index (χ0v) is 10.3. The fourth-order valence-corrected chi connectivity index (χ4v) is 1.47. The van der Waals surface area contributed by atoms with Crippen LogP contribution in [0.3, 0.4) is 0 Å². The van der Waals surface area contributed by atoms with Gasteiger partial charge in [0.05, 0.1) is 0 Å². The predicted octanol–water partition coefficient (Wildman–Crippen LogP) is 0.807. The minimum Gasteiger partial charge on any atom is -0.352 e. The number of nitrogens with one attached hydrogen (secondary N) is 3. The second-order valence-corrected chi connectivity index (χ2v) is 3.73. The zero-order valence-electron chi connectivity index (χ0n) is 10.3. The molecule has 3 N–H and O–H groups in total. The third-order valence-electron chi connectivity index (χ3n) is 2.37. The van der Waals surface area contributed by atoms with E-state index in [1.165, 1.54) is 6.33 Å². The van der Waals surface area contributed by atoms with Crippen molar-refractivity contribution in [2.45, 2.75) is 6.92 Å². The summed E-state index contributed by atoms with van der Waals surface area (Å²) < 4.78 is 0. The van der Waals surface area contributed by atoms with Crippen LogP contribution in [0.15, 0.2) is 30.6 Å². The molecule has 0 unspecified atom stereocenters. The van der Waals surface area contributed by atoms with Gasteiger partial charge in [-0.25, -0.2) is 4.98 Å². The smallest absolute Gasteiger partial charge is 0.292 e. The monoisotopic (exact) mass is 259 g/mol. The minimum atomic E-state index is -0.386. The van der Waals surface area contributed by atoms with E-state index < -0.39 is 0 Å². The minimum absolute atomic E-state index is 0.132. The first-order valence-electron chi connectivity index (χ1n) is 5.75. The molecule has 1 aromatic carbocycles. The van der Waals surface area contributed by atoms with Crippen LogP contribution in [-0.4, -0.2) is 33.5 Å². The van der Waals surface area contributed by atoms with Gasteiger partial charge >= 0.3 is 0 Å². The molecule has 0 bridgehead atoms. The number of hydrogen-bond donors (Lipinski definition) is 3. The van der Waals surface area contributed by atoms with Gasteiger partial charge in [0.15, 0.2) is 0 Å². The molecule has 7 nitrogen and oxygen atoms in total. The lowest BCUT2D eigenvalue weighted by molar-refractivity contribution is 0.0955. The molecule has 0 saturated heterocycles. The van der Waals surface area contributed by atoms with E-state index in [1.807, 2.05) is 6.92 Å². The SMILES string of the molecule is CCNC(=O)c1ccc(NC(=O)c2ncn[nH]2)cc1. The van der Waals surface area contributed by atoms with Gasteiger partial charge in [-0.2, -0.15) is 5.10 Å². The van der Waals surface area contributed by atoms with Gasteiger partial charge in [0.25, 0.3) is 11.8 Å². The molecule has 7 heteroatoms. The molecular weight excluding hydrogens is 246 g/mol. The molecule has 19 heavy (non-hydrogen) atoms. The maximum atomic E-state index is 11.7. The number of aromatic nitrogens is 3. The molecular formula is C12H13N5O2. The number of anilines is 1. The van der Waals surface area contributed by atoms with Gasteiger partial charge in [-0.1, -0.05) is 0 Å². The van der Waals surface area contributed by atoms with Crippen molar-refractivity contribution >= 4 is 17.5 Å². The quantitative estimate of drug-likeness (QED) is 0.756. The van der Waals surface area contributed by atoms with Crippen LogP contribution in [0.2, 0.25) is 0 Å². The summed E-state index contributed by atoms with van der Waals surface area (Å²) in [5, 5.41) is 11.4.